The Kier molecular flexibility index (Phi) is 4.14. The van der Waals surface area contributed by atoms with E-state index in [4.69, 9.17) is 4.74 Å². The number of ether oxygens (including phenoxy) is 1. The zero-order valence-corrected chi connectivity index (χ0v) is 13.1. The van der Waals surface area contributed by atoms with Gasteiger partial charge in [0.1, 0.15) is 5.75 Å². The first-order valence-electron chi connectivity index (χ1n) is 7.66. The summed E-state index contributed by atoms with van der Waals surface area (Å²) in [7, 11) is 1.64. The van der Waals surface area contributed by atoms with Crippen LogP contribution in [0.4, 0.5) is 0 Å². The first-order chi connectivity index (χ1) is 10.7. The number of para-hydroxylation sites is 1. The van der Waals surface area contributed by atoms with Crippen molar-refractivity contribution in [2.75, 3.05) is 13.7 Å². The molecule has 0 aromatic heterocycles. The highest BCUT2D eigenvalue weighted by atomic mass is 16.5. The number of carbonyl (C=O) groups excluding carboxylic acids is 1. The van der Waals surface area contributed by atoms with Crippen LogP contribution in [0.25, 0.3) is 0 Å². The van der Waals surface area contributed by atoms with E-state index < -0.39 is 0 Å². The maximum atomic E-state index is 12.7. The molecule has 1 unspecified atom stereocenters. The molecule has 0 saturated heterocycles. The molecule has 3 heteroatoms. The highest BCUT2D eigenvalue weighted by Crippen LogP contribution is 2.28. The Morgan fingerprint density at radius 2 is 1.91 bits per heavy atom. The third-order valence-corrected chi connectivity index (χ3v) is 4.33. The van der Waals surface area contributed by atoms with E-state index >= 15 is 0 Å². The van der Waals surface area contributed by atoms with Crippen LogP contribution in [0.5, 0.6) is 5.75 Å². The van der Waals surface area contributed by atoms with Crippen LogP contribution >= 0.6 is 0 Å². The number of methoxy groups -OCH3 is 1. The Morgan fingerprint density at radius 3 is 2.73 bits per heavy atom. The summed E-state index contributed by atoms with van der Waals surface area (Å²) in [6.07, 6.45) is 0.388. The quantitative estimate of drug-likeness (QED) is 0.868. The van der Waals surface area contributed by atoms with Gasteiger partial charge in [-0.3, -0.25) is 4.79 Å². The molecule has 3 nitrogen and oxygen atoms in total. The molecule has 2 aromatic carbocycles. The van der Waals surface area contributed by atoms with Crippen molar-refractivity contribution in [2.45, 2.75) is 25.8 Å². The number of nitrogens with zero attached hydrogens (tertiary/aromatic N) is 1. The van der Waals surface area contributed by atoms with Crippen molar-refractivity contribution < 1.29 is 9.53 Å². The molecule has 0 bridgehead atoms. The second kappa shape index (κ2) is 6.22. The van der Waals surface area contributed by atoms with Crippen molar-refractivity contribution >= 4 is 5.91 Å². The molecular formula is C19H21NO2. The maximum absolute atomic E-state index is 12.7. The summed E-state index contributed by atoms with van der Waals surface area (Å²) in [5.41, 5.74) is 3.57. The van der Waals surface area contributed by atoms with E-state index in [2.05, 4.69) is 25.1 Å². The lowest BCUT2D eigenvalue weighted by Gasteiger charge is -2.33. The van der Waals surface area contributed by atoms with Crippen LogP contribution in [0.2, 0.25) is 0 Å². The summed E-state index contributed by atoms with van der Waals surface area (Å²) in [6.45, 7) is 3.67. The lowest BCUT2D eigenvalue weighted by Crippen LogP contribution is -2.38. The number of hydrogen-bond acceptors (Lipinski definition) is 2. The van der Waals surface area contributed by atoms with Crippen molar-refractivity contribution in [3.05, 3.63) is 65.2 Å². The molecule has 0 spiro atoms. The molecule has 0 N–H and O–H groups in total. The fraction of sp³-hybridized carbons (Fsp3) is 0.316. The zero-order valence-electron chi connectivity index (χ0n) is 13.1. The van der Waals surface area contributed by atoms with Gasteiger partial charge in [-0.05, 0) is 23.1 Å². The second-order valence-corrected chi connectivity index (χ2v) is 5.86. The van der Waals surface area contributed by atoms with Gasteiger partial charge < -0.3 is 9.64 Å². The molecule has 2 aromatic rings. The van der Waals surface area contributed by atoms with Crippen molar-refractivity contribution in [3.63, 3.8) is 0 Å². The van der Waals surface area contributed by atoms with Crippen LogP contribution in [-0.2, 0) is 17.8 Å². The van der Waals surface area contributed by atoms with Gasteiger partial charge in [0.25, 0.3) is 0 Å². The lowest BCUT2D eigenvalue weighted by atomic mass is 9.91. The van der Waals surface area contributed by atoms with Gasteiger partial charge >= 0.3 is 0 Å². The Morgan fingerprint density at radius 1 is 1.18 bits per heavy atom. The molecule has 0 radical (unpaired) electrons. The van der Waals surface area contributed by atoms with E-state index in [0.29, 0.717) is 18.9 Å². The van der Waals surface area contributed by atoms with Crippen LogP contribution in [0.1, 0.15) is 29.5 Å². The molecule has 114 valence electrons. The fourth-order valence-corrected chi connectivity index (χ4v) is 3.17. The van der Waals surface area contributed by atoms with E-state index in [0.717, 1.165) is 17.9 Å². The number of benzene rings is 2. The summed E-state index contributed by atoms with van der Waals surface area (Å²) in [5.74, 6) is 1.32. The number of fused-ring (bicyclic) bond motifs is 1. The summed E-state index contributed by atoms with van der Waals surface area (Å²) in [4.78, 5) is 14.6. The maximum Gasteiger partial charge on any atom is 0.227 e. The lowest BCUT2D eigenvalue weighted by molar-refractivity contribution is -0.131. The molecule has 1 aliphatic rings. The van der Waals surface area contributed by atoms with Crippen LogP contribution in [0, 0.1) is 0 Å². The van der Waals surface area contributed by atoms with Crippen LogP contribution in [0.15, 0.2) is 48.5 Å². The standard InChI is InChI=1S/C19H21NO2/c1-14-12-20(13-16-8-3-5-9-17(14)16)19(21)11-15-7-4-6-10-18(15)22-2/h3-10,14H,11-13H2,1-2H3. The molecule has 1 atom stereocenters. The predicted octanol–water partition coefficient (Wildman–Crippen LogP) is 3.38. The van der Waals surface area contributed by atoms with Gasteiger partial charge in [0.05, 0.1) is 13.5 Å². The third kappa shape index (κ3) is 2.84. The second-order valence-electron chi connectivity index (χ2n) is 5.86. The van der Waals surface area contributed by atoms with Crippen LogP contribution in [0.3, 0.4) is 0 Å². The van der Waals surface area contributed by atoms with E-state index in [1.807, 2.05) is 35.2 Å². The average molecular weight is 295 g/mol. The van der Waals surface area contributed by atoms with Gasteiger partial charge in [-0.15, -0.1) is 0 Å². The largest absolute Gasteiger partial charge is 0.496 e. The van der Waals surface area contributed by atoms with Crippen molar-refractivity contribution in [1.82, 2.24) is 4.90 Å². The molecule has 1 heterocycles. The minimum absolute atomic E-state index is 0.158. The number of amides is 1. The molecular weight excluding hydrogens is 274 g/mol. The number of hydrogen-bond donors (Lipinski definition) is 0. The van der Waals surface area contributed by atoms with Crippen LogP contribution in [-0.4, -0.2) is 24.5 Å². The monoisotopic (exact) mass is 295 g/mol. The van der Waals surface area contributed by atoms with Crippen molar-refractivity contribution in [2.24, 2.45) is 0 Å². The van der Waals surface area contributed by atoms with E-state index in [-0.39, 0.29) is 5.91 Å². The Bertz CT molecular complexity index is 681. The number of carbonyl (C=O) groups is 1. The molecule has 0 saturated carbocycles. The summed E-state index contributed by atoms with van der Waals surface area (Å²) >= 11 is 0. The highest BCUT2D eigenvalue weighted by Gasteiger charge is 2.25. The highest BCUT2D eigenvalue weighted by molar-refractivity contribution is 5.80. The third-order valence-electron chi connectivity index (χ3n) is 4.33. The first-order valence-corrected chi connectivity index (χ1v) is 7.66. The average Bonchev–Trinajstić information content (AvgIpc) is 2.55. The van der Waals surface area contributed by atoms with Gasteiger partial charge in [0, 0.05) is 18.7 Å². The van der Waals surface area contributed by atoms with Crippen molar-refractivity contribution in [1.29, 1.82) is 0 Å². The summed E-state index contributed by atoms with van der Waals surface area (Å²) in [5, 5.41) is 0. The molecule has 1 amide bonds. The van der Waals surface area contributed by atoms with E-state index in [1.165, 1.54) is 11.1 Å². The van der Waals surface area contributed by atoms with E-state index in [9.17, 15) is 4.79 Å². The minimum Gasteiger partial charge on any atom is -0.496 e. The number of rotatable bonds is 3. The van der Waals surface area contributed by atoms with Crippen molar-refractivity contribution in [3.8, 4) is 5.75 Å². The van der Waals surface area contributed by atoms with E-state index in [1.54, 1.807) is 7.11 Å². The molecule has 0 aliphatic carbocycles. The summed E-state index contributed by atoms with van der Waals surface area (Å²) < 4.78 is 5.34. The molecule has 1 aliphatic heterocycles. The predicted molar refractivity (Wildman–Crippen MR) is 87.0 cm³/mol. The molecule has 3 rings (SSSR count). The van der Waals surface area contributed by atoms with Gasteiger partial charge in [0.15, 0.2) is 0 Å². The molecule has 22 heavy (non-hydrogen) atoms. The Hall–Kier alpha value is -2.29. The van der Waals surface area contributed by atoms with Gasteiger partial charge in [-0.25, -0.2) is 0 Å². The van der Waals surface area contributed by atoms with Gasteiger partial charge in [-0.1, -0.05) is 49.4 Å². The van der Waals surface area contributed by atoms with Crippen LogP contribution < -0.4 is 4.74 Å². The van der Waals surface area contributed by atoms with Gasteiger partial charge in [-0.2, -0.15) is 0 Å². The fourth-order valence-electron chi connectivity index (χ4n) is 3.17. The SMILES string of the molecule is COc1ccccc1CC(=O)N1Cc2ccccc2C(C)C1. The normalized spacial score (nSPS) is 17.0. The topological polar surface area (TPSA) is 29.5 Å². The molecule has 0 fully saturated rings. The zero-order chi connectivity index (χ0) is 15.5. The smallest absolute Gasteiger partial charge is 0.227 e. The first kappa shape index (κ1) is 14.6. The summed E-state index contributed by atoms with van der Waals surface area (Å²) in [6, 6.07) is 16.1. The Balaban J connectivity index is 1.77. The minimum atomic E-state index is 0.158. The van der Waals surface area contributed by atoms with Gasteiger partial charge in [0.2, 0.25) is 5.91 Å². The Labute approximate surface area is 131 Å².